The summed E-state index contributed by atoms with van der Waals surface area (Å²) in [7, 11) is 0. The highest BCUT2D eigenvalue weighted by molar-refractivity contribution is 5.44. The molecule has 0 saturated heterocycles. The van der Waals surface area contributed by atoms with Crippen LogP contribution in [0.1, 0.15) is 16.7 Å². The number of rotatable bonds is 2. The number of aromatic nitrogens is 2. The van der Waals surface area contributed by atoms with Crippen molar-refractivity contribution in [1.82, 2.24) is 9.97 Å². The van der Waals surface area contributed by atoms with E-state index in [9.17, 15) is 0 Å². The van der Waals surface area contributed by atoms with Crippen LogP contribution in [0.4, 0.5) is 0 Å². The Kier molecular flexibility index (Phi) is 2.86. The fourth-order valence-electron chi connectivity index (χ4n) is 1.76. The molecule has 0 bridgehead atoms. The van der Waals surface area contributed by atoms with Gasteiger partial charge in [-0.05, 0) is 38.0 Å². The second kappa shape index (κ2) is 4.31. The summed E-state index contributed by atoms with van der Waals surface area (Å²) in [5, 5.41) is 0. The number of nitrogens with zero attached hydrogens (tertiary/aromatic N) is 2. The zero-order valence-corrected chi connectivity index (χ0v) is 9.69. The van der Waals surface area contributed by atoms with Crippen LogP contribution in [0.2, 0.25) is 0 Å². The lowest BCUT2D eigenvalue weighted by molar-refractivity contribution is 0.435. The van der Waals surface area contributed by atoms with Crippen LogP contribution < -0.4 is 4.74 Å². The third kappa shape index (κ3) is 2.19. The first-order chi connectivity index (χ1) is 7.66. The summed E-state index contributed by atoms with van der Waals surface area (Å²) in [6, 6.07) is 6.33. The van der Waals surface area contributed by atoms with Crippen molar-refractivity contribution in [1.29, 1.82) is 0 Å². The average molecular weight is 214 g/mol. The molecular weight excluding hydrogens is 200 g/mol. The Morgan fingerprint density at radius 1 is 0.938 bits per heavy atom. The molecule has 0 aliphatic heterocycles. The zero-order chi connectivity index (χ0) is 11.5. The van der Waals surface area contributed by atoms with Crippen molar-refractivity contribution < 1.29 is 4.74 Å². The lowest BCUT2D eigenvalue weighted by atomic mass is 10.1. The first kappa shape index (κ1) is 10.6. The SMILES string of the molecule is Cc1cc(C)c(Oc2ncccn2)c(C)c1. The van der Waals surface area contributed by atoms with E-state index in [1.165, 1.54) is 5.56 Å². The van der Waals surface area contributed by atoms with Crippen LogP contribution in [-0.2, 0) is 0 Å². The van der Waals surface area contributed by atoms with E-state index in [0.29, 0.717) is 6.01 Å². The molecule has 3 heteroatoms. The smallest absolute Gasteiger partial charge is 0.321 e. The van der Waals surface area contributed by atoms with Crippen molar-refractivity contribution in [3.63, 3.8) is 0 Å². The van der Waals surface area contributed by atoms with E-state index < -0.39 is 0 Å². The molecule has 0 atom stereocenters. The third-order valence-corrected chi connectivity index (χ3v) is 2.34. The van der Waals surface area contributed by atoms with Crippen LogP contribution in [0.3, 0.4) is 0 Å². The molecule has 82 valence electrons. The van der Waals surface area contributed by atoms with Gasteiger partial charge in [0, 0.05) is 12.4 Å². The average Bonchev–Trinajstić information content (AvgIpc) is 2.25. The van der Waals surface area contributed by atoms with E-state index in [-0.39, 0.29) is 0 Å². The largest absolute Gasteiger partial charge is 0.424 e. The minimum Gasteiger partial charge on any atom is -0.424 e. The molecule has 3 nitrogen and oxygen atoms in total. The van der Waals surface area contributed by atoms with Gasteiger partial charge in [0.2, 0.25) is 0 Å². The molecule has 0 aliphatic rings. The minimum atomic E-state index is 0.387. The van der Waals surface area contributed by atoms with Crippen LogP contribution in [0.15, 0.2) is 30.6 Å². The van der Waals surface area contributed by atoms with Gasteiger partial charge in [0.15, 0.2) is 0 Å². The molecule has 2 aromatic rings. The Balaban J connectivity index is 2.35. The normalized spacial score (nSPS) is 10.2. The van der Waals surface area contributed by atoms with Crippen molar-refractivity contribution in [3.8, 4) is 11.8 Å². The summed E-state index contributed by atoms with van der Waals surface area (Å²) in [6.45, 7) is 6.12. The molecule has 16 heavy (non-hydrogen) atoms. The molecular formula is C13H14N2O. The first-order valence-corrected chi connectivity index (χ1v) is 5.19. The van der Waals surface area contributed by atoms with Crippen molar-refractivity contribution in [3.05, 3.63) is 47.3 Å². The molecule has 1 heterocycles. The Bertz CT molecular complexity index is 472. The van der Waals surface area contributed by atoms with Gasteiger partial charge in [0.1, 0.15) is 5.75 Å². The van der Waals surface area contributed by atoms with Gasteiger partial charge in [-0.3, -0.25) is 0 Å². The maximum atomic E-state index is 5.67. The molecule has 0 saturated carbocycles. The van der Waals surface area contributed by atoms with E-state index >= 15 is 0 Å². The van der Waals surface area contributed by atoms with Gasteiger partial charge in [-0.15, -0.1) is 0 Å². The number of aryl methyl sites for hydroxylation is 3. The standard InChI is InChI=1S/C13H14N2O/c1-9-7-10(2)12(11(3)8-9)16-13-14-5-4-6-15-13/h4-8H,1-3H3. The highest BCUT2D eigenvalue weighted by Crippen LogP contribution is 2.27. The van der Waals surface area contributed by atoms with E-state index in [2.05, 4.69) is 29.0 Å². The van der Waals surface area contributed by atoms with Crippen LogP contribution in [0, 0.1) is 20.8 Å². The molecule has 0 spiro atoms. The number of benzene rings is 1. The fourth-order valence-corrected chi connectivity index (χ4v) is 1.76. The molecule has 0 unspecified atom stereocenters. The first-order valence-electron chi connectivity index (χ1n) is 5.19. The quantitative estimate of drug-likeness (QED) is 0.770. The van der Waals surface area contributed by atoms with E-state index in [1.807, 2.05) is 13.8 Å². The van der Waals surface area contributed by atoms with Crippen molar-refractivity contribution >= 4 is 0 Å². The molecule has 0 N–H and O–H groups in total. The van der Waals surface area contributed by atoms with Gasteiger partial charge >= 0.3 is 6.01 Å². The summed E-state index contributed by atoms with van der Waals surface area (Å²) < 4.78 is 5.67. The lowest BCUT2D eigenvalue weighted by Gasteiger charge is -2.10. The van der Waals surface area contributed by atoms with E-state index in [1.54, 1.807) is 18.5 Å². The summed E-state index contributed by atoms with van der Waals surface area (Å²) in [5.74, 6) is 0.844. The molecule has 1 aromatic carbocycles. The third-order valence-electron chi connectivity index (χ3n) is 2.34. The van der Waals surface area contributed by atoms with Crippen LogP contribution in [-0.4, -0.2) is 9.97 Å². The molecule has 0 amide bonds. The lowest BCUT2D eigenvalue weighted by Crippen LogP contribution is -1.95. The Labute approximate surface area is 95.1 Å². The van der Waals surface area contributed by atoms with Crippen LogP contribution >= 0.6 is 0 Å². The minimum absolute atomic E-state index is 0.387. The highest BCUT2D eigenvalue weighted by atomic mass is 16.5. The second-order valence-electron chi connectivity index (χ2n) is 3.86. The molecule has 2 rings (SSSR count). The predicted octanol–water partition coefficient (Wildman–Crippen LogP) is 3.19. The summed E-state index contributed by atoms with van der Waals surface area (Å²) in [6.07, 6.45) is 3.34. The summed E-state index contributed by atoms with van der Waals surface area (Å²) >= 11 is 0. The van der Waals surface area contributed by atoms with Gasteiger partial charge in [0.25, 0.3) is 0 Å². The van der Waals surface area contributed by atoms with Gasteiger partial charge < -0.3 is 4.74 Å². The monoisotopic (exact) mass is 214 g/mol. The molecule has 0 fully saturated rings. The van der Waals surface area contributed by atoms with Gasteiger partial charge in [-0.25, -0.2) is 9.97 Å². The van der Waals surface area contributed by atoms with Crippen LogP contribution in [0.5, 0.6) is 11.8 Å². The van der Waals surface area contributed by atoms with Gasteiger partial charge in [0.05, 0.1) is 0 Å². The van der Waals surface area contributed by atoms with Crippen molar-refractivity contribution in [2.45, 2.75) is 20.8 Å². The van der Waals surface area contributed by atoms with Crippen LogP contribution in [0.25, 0.3) is 0 Å². The molecule has 0 aliphatic carbocycles. The maximum absolute atomic E-state index is 5.67. The van der Waals surface area contributed by atoms with Gasteiger partial charge in [-0.2, -0.15) is 0 Å². The van der Waals surface area contributed by atoms with Crippen molar-refractivity contribution in [2.24, 2.45) is 0 Å². The second-order valence-corrected chi connectivity index (χ2v) is 3.86. The highest BCUT2D eigenvalue weighted by Gasteiger charge is 2.07. The number of hydrogen-bond acceptors (Lipinski definition) is 3. The zero-order valence-electron chi connectivity index (χ0n) is 9.69. The molecule has 0 radical (unpaired) electrons. The Morgan fingerprint density at radius 3 is 2.06 bits per heavy atom. The predicted molar refractivity (Wildman–Crippen MR) is 62.8 cm³/mol. The summed E-state index contributed by atoms with van der Waals surface area (Å²) in [4.78, 5) is 8.09. The topological polar surface area (TPSA) is 35.0 Å². The Hall–Kier alpha value is -1.90. The number of hydrogen-bond donors (Lipinski definition) is 0. The Morgan fingerprint density at radius 2 is 1.50 bits per heavy atom. The maximum Gasteiger partial charge on any atom is 0.321 e. The molecule has 1 aromatic heterocycles. The van der Waals surface area contributed by atoms with Crippen molar-refractivity contribution in [2.75, 3.05) is 0 Å². The van der Waals surface area contributed by atoms with E-state index in [4.69, 9.17) is 4.74 Å². The fraction of sp³-hybridized carbons (Fsp3) is 0.231. The summed E-state index contributed by atoms with van der Waals surface area (Å²) in [5.41, 5.74) is 3.44. The number of ether oxygens (including phenoxy) is 1. The van der Waals surface area contributed by atoms with E-state index in [0.717, 1.165) is 16.9 Å². The van der Waals surface area contributed by atoms with Gasteiger partial charge in [-0.1, -0.05) is 17.7 Å².